The molecule has 0 unspecified atom stereocenters. The molecule has 2 N–H and O–H groups in total. The third kappa shape index (κ3) is 6.67. The zero-order chi connectivity index (χ0) is 16.5. The molecule has 0 aromatic rings. The highest BCUT2D eigenvalue weighted by molar-refractivity contribution is 14.0. The molecule has 2 aliphatic rings. The lowest BCUT2D eigenvalue weighted by Gasteiger charge is -2.43. The predicted molar refractivity (Wildman–Crippen MR) is 112 cm³/mol. The average Bonchev–Trinajstić information content (AvgIpc) is 3.08. The number of likely N-dealkylation sites (N-methyl/N-ethyl adjacent to an activating group) is 1. The van der Waals surface area contributed by atoms with Gasteiger partial charge in [0.05, 0.1) is 0 Å². The summed E-state index contributed by atoms with van der Waals surface area (Å²) in [5, 5.41) is 7.01. The molecule has 24 heavy (non-hydrogen) atoms. The summed E-state index contributed by atoms with van der Waals surface area (Å²) in [7, 11) is 6.20. The van der Waals surface area contributed by atoms with E-state index in [4.69, 9.17) is 4.74 Å². The molecule has 5 nitrogen and oxygen atoms in total. The number of hydrogen-bond acceptors (Lipinski definition) is 3. The first-order valence-corrected chi connectivity index (χ1v) is 9.36. The van der Waals surface area contributed by atoms with Crippen molar-refractivity contribution < 1.29 is 4.74 Å². The minimum absolute atomic E-state index is 0. The van der Waals surface area contributed by atoms with Crippen molar-refractivity contribution in [2.75, 3.05) is 47.4 Å². The van der Waals surface area contributed by atoms with E-state index in [0.29, 0.717) is 0 Å². The topological polar surface area (TPSA) is 48.9 Å². The van der Waals surface area contributed by atoms with Gasteiger partial charge in [0.2, 0.25) is 0 Å². The van der Waals surface area contributed by atoms with Gasteiger partial charge in [-0.15, -0.1) is 24.0 Å². The Morgan fingerprint density at radius 1 is 1.17 bits per heavy atom. The van der Waals surface area contributed by atoms with E-state index in [9.17, 15) is 0 Å². The van der Waals surface area contributed by atoms with Crippen molar-refractivity contribution >= 4 is 29.9 Å². The zero-order valence-corrected chi connectivity index (χ0v) is 18.1. The van der Waals surface area contributed by atoms with Crippen LogP contribution in [0.2, 0.25) is 0 Å². The monoisotopic (exact) mass is 452 g/mol. The van der Waals surface area contributed by atoms with Crippen molar-refractivity contribution in [2.45, 2.75) is 56.9 Å². The van der Waals surface area contributed by atoms with Crippen molar-refractivity contribution in [3.8, 4) is 0 Å². The molecular formula is C18H37IN4O. The first-order chi connectivity index (χ1) is 11.2. The van der Waals surface area contributed by atoms with Crippen molar-refractivity contribution in [2.24, 2.45) is 10.9 Å². The van der Waals surface area contributed by atoms with Crippen LogP contribution in [-0.2, 0) is 4.74 Å². The van der Waals surface area contributed by atoms with Gasteiger partial charge in [-0.05, 0) is 45.7 Å². The fourth-order valence-corrected chi connectivity index (χ4v) is 3.90. The molecule has 0 amide bonds. The van der Waals surface area contributed by atoms with Crippen molar-refractivity contribution in [1.29, 1.82) is 0 Å². The summed E-state index contributed by atoms with van der Waals surface area (Å²) in [4.78, 5) is 6.72. The van der Waals surface area contributed by atoms with Gasteiger partial charge in [0.25, 0.3) is 0 Å². The molecule has 2 rings (SSSR count). The van der Waals surface area contributed by atoms with E-state index in [2.05, 4.69) is 34.6 Å². The molecule has 6 heteroatoms. The molecule has 0 bridgehead atoms. The lowest BCUT2D eigenvalue weighted by molar-refractivity contribution is -0.00501. The second kappa shape index (κ2) is 11.5. The molecular weight excluding hydrogens is 415 g/mol. The van der Waals surface area contributed by atoms with Crippen LogP contribution in [0.15, 0.2) is 4.99 Å². The standard InChI is InChI=1S/C18H36N4O.HI/c1-19-17(20-12-6-9-16-7-4-5-8-16)21-15-18(22(2)3)10-13-23-14-11-18;/h16H,4-15H2,1-3H3,(H2,19,20,21);1H. The normalized spacial score (nSPS) is 21.6. The van der Waals surface area contributed by atoms with Gasteiger partial charge < -0.3 is 20.3 Å². The number of guanidine groups is 1. The van der Waals surface area contributed by atoms with Crippen LogP contribution < -0.4 is 10.6 Å². The number of aliphatic imine (C=N–C) groups is 1. The van der Waals surface area contributed by atoms with Crippen molar-refractivity contribution in [3.05, 3.63) is 0 Å². The third-order valence-corrected chi connectivity index (χ3v) is 5.74. The molecule has 0 atom stereocenters. The van der Waals surface area contributed by atoms with Crippen LogP contribution in [0.4, 0.5) is 0 Å². The fourth-order valence-electron chi connectivity index (χ4n) is 3.90. The molecule has 1 saturated heterocycles. The van der Waals surface area contributed by atoms with E-state index in [1.54, 1.807) is 0 Å². The molecule has 1 saturated carbocycles. The summed E-state index contributed by atoms with van der Waals surface area (Å²) in [5.74, 6) is 1.91. The largest absolute Gasteiger partial charge is 0.381 e. The lowest BCUT2D eigenvalue weighted by Crippen LogP contribution is -2.57. The Kier molecular flexibility index (Phi) is 10.5. The summed E-state index contributed by atoms with van der Waals surface area (Å²) in [6.07, 6.45) is 10.5. The van der Waals surface area contributed by atoms with E-state index >= 15 is 0 Å². The van der Waals surface area contributed by atoms with Gasteiger partial charge in [0.15, 0.2) is 5.96 Å². The first-order valence-electron chi connectivity index (χ1n) is 9.36. The lowest BCUT2D eigenvalue weighted by atomic mass is 9.88. The zero-order valence-electron chi connectivity index (χ0n) is 15.8. The average molecular weight is 452 g/mol. The van der Waals surface area contributed by atoms with Gasteiger partial charge in [-0.1, -0.05) is 25.7 Å². The van der Waals surface area contributed by atoms with Crippen LogP contribution in [0.5, 0.6) is 0 Å². The Labute approximate surface area is 165 Å². The van der Waals surface area contributed by atoms with Crippen molar-refractivity contribution in [1.82, 2.24) is 15.5 Å². The SMILES string of the molecule is CN=C(NCCCC1CCCC1)NCC1(N(C)C)CCOCC1.I. The molecule has 0 spiro atoms. The molecule has 1 aliphatic heterocycles. The number of halogens is 1. The van der Waals surface area contributed by atoms with E-state index in [0.717, 1.165) is 51.0 Å². The van der Waals surface area contributed by atoms with Crippen LogP contribution >= 0.6 is 24.0 Å². The van der Waals surface area contributed by atoms with Crippen LogP contribution in [0.3, 0.4) is 0 Å². The maximum absolute atomic E-state index is 5.54. The van der Waals surface area contributed by atoms with E-state index < -0.39 is 0 Å². The van der Waals surface area contributed by atoms with Crippen molar-refractivity contribution in [3.63, 3.8) is 0 Å². The van der Waals surface area contributed by atoms with Gasteiger partial charge in [-0.25, -0.2) is 0 Å². The molecule has 1 heterocycles. The maximum Gasteiger partial charge on any atom is 0.191 e. The number of nitrogens with zero attached hydrogens (tertiary/aromatic N) is 2. The van der Waals surface area contributed by atoms with Crippen LogP contribution in [0.25, 0.3) is 0 Å². The Balaban J connectivity index is 0.00000288. The second-order valence-corrected chi connectivity index (χ2v) is 7.38. The number of ether oxygens (including phenoxy) is 1. The predicted octanol–water partition coefficient (Wildman–Crippen LogP) is 2.85. The summed E-state index contributed by atoms with van der Waals surface area (Å²) in [5.41, 5.74) is 0.180. The van der Waals surface area contributed by atoms with E-state index in [1.807, 2.05) is 7.05 Å². The summed E-state index contributed by atoms with van der Waals surface area (Å²) in [6, 6.07) is 0. The summed E-state index contributed by atoms with van der Waals surface area (Å²) >= 11 is 0. The van der Waals surface area contributed by atoms with Crippen LogP contribution in [0, 0.1) is 5.92 Å². The highest BCUT2D eigenvalue weighted by Gasteiger charge is 2.34. The number of rotatable bonds is 7. The quantitative estimate of drug-likeness (QED) is 0.270. The Bertz CT molecular complexity index is 364. The van der Waals surface area contributed by atoms with E-state index in [-0.39, 0.29) is 29.5 Å². The molecule has 1 aliphatic carbocycles. The fraction of sp³-hybridized carbons (Fsp3) is 0.944. The Morgan fingerprint density at radius 3 is 2.42 bits per heavy atom. The van der Waals surface area contributed by atoms with Gasteiger partial charge in [-0.3, -0.25) is 4.99 Å². The third-order valence-electron chi connectivity index (χ3n) is 5.74. The number of nitrogens with one attached hydrogen (secondary N) is 2. The van der Waals surface area contributed by atoms with Crippen LogP contribution in [0.1, 0.15) is 51.4 Å². The maximum atomic E-state index is 5.54. The minimum atomic E-state index is 0. The van der Waals surface area contributed by atoms with Gasteiger partial charge >= 0.3 is 0 Å². The molecule has 0 aromatic carbocycles. The number of hydrogen-bond donors (Lipinski definition) is 2. The Morgan fingerprint density at radius 2 is 1.83 bits per heavy atom. The summed E-state index contributed by atoms with van der Waals surface area (Å²) in [6.45, 7) is 3.65. The van der Waals surface area contributed by atoms with Gasteiger partial charge in [-0.2, -0.15) is 0 Å². The Hall–Kier alpha value is -0.0800. The molecule has 0 radical (unpaired) electrons. The van der Waals surface area contributed by atoms with Crippen LogP contribution in [-0.4, -0.2) is 63.8 Å². The van der Waals surface area contributed by atoms with Gasteiger partial charge in [0, 0.05) is 38.9 Å². The highest BCUT2D eigenvalue weighted by atomic mass is 127. The van der Waals surface area contributed by atoms with E-state index in [1.165, 1.54) is 38.5 Å². The summed E-state index contributed by atoms with van der Waals surface area (Å²) < 4.78 is 5.54. The molecule has 0 aromatic heterocycles. The molecule has 142 valence electrons. The second-order valence-electron chi connectivity index (χ2n) is 7.38. The first kappa shape index (κ1) is 22.0. The van der Waals surface area contributed by atoms with Gasteiger partial charge in [0.1, 0.15) is 0 Å². The minimum Gasteiger partial charge on any atom is -0.381 e. The molecule has 2 fully saturated rings. The highest BCUT2D eigenvalue weighted by Crippen LogP contribution is 2.28. The smallest absolute Gasteiger partial charge is 0.191 e.